The minimum atomic E-state index is -0.0888. The van der Waals surface area contributed by atoms with Crippen molar-refractivity contribution in [2.24, 2.45) is 0 Å². The number of hydrogen-bond donors (Lipinski definition) is 0. The van der Waals surface area contributed by atoms with Gasteiger partial charge in [0.05, 0.1) is 35.5 Å². The Morgan fingerprint density at radius 3 is 1.72 bits per heavy atom. The minimum absolute atomic E-state index is 0.0675. The van der Waals surface area contributed by atoms with E-state index in [-0.39, 0.29) is 11.8 Å². The molecule has 200 valence electrons. The molecule has 0 aromatic heterocycles. The van der Waals surface area contributed by atoms with Crippen LogP contribution in [0.2, 0.25) is 5.02 Å². The second-order valence-corrected chi connectivity index (χ2v) is 9.75. The first-order valence-corrected chi connectivity index (χ1v) is 13.0. The van der Waals surface area contributed by atoms with E-state index >= 15 is 0 Å². The van der Waals surface area contributed by atoms with Crippen molar-refractivity contribution in [3.05, 3.63) is 112 Å². The van der Waals surface area contributed by atoms with Crippen molar-refractivity contribution in [1.82, 2.24) is 0 Å². The van der Waals surface area contributed by atoms with Gasteiger partial charge in [-0.3, -0.25) is 0 Å². The maximum Gasteiger partial charge on any atom is 0.127 e. The van der Waals surface area contributed by atoms with Gasteiger partial charge in [-0.1, -0.05) is 41.9 Å². The molecular weight excluding hydrogens is 512 g/mol. The Hall–Kier alpha value is -4.09. The standard InChI is InChI=1S/C33H31ClO5/c1-35-24-12-8-21(9-13-24)32-31(22-15-25(36-2)17-26(16-22)37-3)28(14-20-6-10-23(34)11-7-20)29-18-27(38-4)19-30(39-5)33(29)32/h6-19,31-32H,1-5H3/b28-14-/t31-,32+/m1/s1. The van der Waals surface area contributed by atoms with E-state index in [9.17, 15) is 0 Å². The van der Waals surface area contributed by atoms with Crippen LogP contribution in [0.15, 0.2) is 78.9 Å². The van der Waals surface area contributed by atoms with Gasteiger partial charge >= 0.3 is 0 Å². The van der Waals surface area contributed by atoms with Gasteiger partial charge in [0.1, 0.15) is 28.7 Å². The van der Waals surface area contributed by atoms with Gasteiger partial charge in [-0.15, -0.1) is 0 Å². The first-order chi connectivity index (χ1) is 19.0. The van der Waals surface area contributed by atoms with Gasteiger partial charge in [-0.2, -0.15) is 0 Å². The third kappa shape index (κ3) is 5.15. The summed E-state index contributed by atoms with van der Waals surface area (Å²) in [4.78, 5) is 0. The number of methoxy groups -OCH3 is 5. The van der Waals surface area contributed by atoms with Crippen LogP contribution in [0.3, 0.4) is 0 Å². The van der Waals surface area contributed by atoms with Crippen molar-refractivity contribution in [1.29, 1.82) is 0 Å². The Kier molecular flexibility index (Phi) is 7.71. The molecule has 0 saturated heterocycles. The van der Waals surface area contributed by atoms with E-state index in [0.717, 1.165) is 62.1 Å². The zero-order valence-electron chi connectivity index (χ0n) is 22.7. The molecule has 4 aromatic carbocycles. The summed E-state index contributed by atoms with van der Waals surface area (Å²) in [6, 6.07) is 26.2. The smallest absolute Gasteiger partial charge is 0.127 e. The first kappa shape index (κ1) is 26.5. The van der Waals surface area contributed by atoms with E-state index in [4.69, 9.17) is 35.3 Å². The van der Waals surface area contributed by atoms with Crippen LogP contribution in [-0.2, 0) is 0 Å². The van der Waals surface area contributed by atoms with Gasteiger partial charge in [0, 0.05) is 34.6 Å². The van der Waals surface area contributed by atoms with Crippen molar-refractivity contribution in [3.63, 3.8) is 0 Å². The molecule has 0 radical (unpaired) electrons. The van der Waals surface area contributed by atoms with Crippen LogP contribution in [0.25, 0.3) is 11.6 Å². The molecule has 39 heavy (non-hydrogen) atoms. The van der Waals surface area contributed by atoms with E-state index in [1.807, 2.05) is 48.5 Å². The summed E-state index contributed by atoms with van der Waals surface area (Å²) in [6.07, 6.45) is 2.22. The van der Waals surface area contributed by atoms with E-state index in [1.165, 1.54) is 0 Å². The van der Waals surface area contributed by atoms with Gasteiger partial charge in [-0.25, -0.2) is 0 Å². The number of allylic oxidation sites excluding steroid dienone is 1. The normalized spacial score (nSPS) is 17.0. The topological polar surface area (TPSA) is 46.2 Å². The van der Waals surface area contributed by atoms with Gasteiger partial charge in [0.25, 0.3) is 0 Å². The third-order valence-corrected chi connectivity index (χ3v) is 7.51. The van der Waals surface area contributed by atoms with E-state index < -0.39 is 0 Å². The van der Waals surface area contributed by atoms with Crippen molar-refractivity contribution >= 4 is 23.3 Å². The van der Waals surface area contributed by atoms with Crippen LogP contribution >= 0.6 is 11.6 Å². The maximum atomic E-state index is 6.22. The molecule has 0 bridgehead atoms. The van der Waals surface area contributed by atoms with E-state index in [2.05, 4.69) is 36.4 Å². The van der Waals surface area contributed by atoms with Gasteiger partial charge in [-0.05, 0) is 70.3 Å². The average Bonchev–Trinajstić information content (AvgIpc) is 3.31. The molecule has 0 amide bonds. The maximum absolute atomic E-state index is 6.22. The van der Waals surface area contributed by atoms with Crippen LogP contribution in [0.5, 0.6) is 28.7 Å². The van der Waals surface area contributed by atoms with E-state index in [1.54, 1.807) is 35.5 Å². The van der Waals surface area contributed by atoms with Crippen LogP contribution in [0.1, 0.15) is 39.7 Å². The largest absolute Gasteiger partial charge is 0.497 e. The number of rotatable bonds is 8. The molecule has 5 rings (SSSR count). The lowest BCUT2D eigenvalue weighted by atomic mass is 9.79. The Labute approximate surface area is 234 Å². The van der Waals surface area contributed by atoms with Gasteiger partial charge < -0.3 is 23.7 Å². The molecule has 5 nitrogen and oxygen atoms in total. The molecule has 2 atom stereocenters. The lowest BCUT2D eigenvalue weighted by Crippen LogP contribution is -2.09. The lowest BCUT2D eigenvalue weighted by Gasteiger charge is -2.25. The minimum Gasteiger partial charge on any atom is -0.497 e. The van der Waals surface area contributed by atoms with Crippen molar-refractivity contribution in [2.75, 3.05) is 35.5 Å². The number of ether oxygens (including phenoxy) is 5. The fourth-order valence-electron chi connectivity index (χ4n) is 5.42. The summed E-state index contributed by atoms with van der Waals surface area (Å²) in [5.41, 5.74) is 6.51. The first-order valence-electron chi connectivity index (χ1n) is 12.6. The van der Waals surface area contributed by atoms with Crippen molar-refractivity contribution in [3.8, 4) is 28.7 Å². The van der Waals surface area contributed by atoms with Crippen LogP contribution in [0, 0.1) is 0 Å². The highest BCUT2D eigenvalue weighted by molar-refractivity contribution is 6.30. The van der Waals surface area contributed by atoms with Gasteiger partial charge in [0.15, 0.2) is 0 Å². The quantitative estimate of drug-likeness (QED) is 0.227. The van der Waals surface area contributed by atoms with Crippen LogP contribution < -0.4 is 23.7 Å². The van der Waals surface area contributed by atoms with E-state index in [0.29, 0.717) is 5.02 Å². The SMILES string of the molecule is COc1ccc([C@@H]2c3c(OC)cc(OC)cc3/C(=C/c3ccc(Cl)cc3)[C@H]2c2cc(OC)cc(OC)c2)cc1. The molecular formula is C33H31ClO5. The zero-order valence-corrected chi connectivity index (χ0v) is 23.4. The lowest BCUT2D eigenvalue weighted by molar-refractivity contribution is 0.389. The summed E-state index contributed by atoms with van der Waals surface area (Å²) >= 11 is 6.22. The number of fused-ring (bicyclic) bond motifs is 1. The summed E-state index contributed by atoms with van der Waals surface area (Å²) in [6.45, 7) is 0. The molecule has 1 aliphatic carbocycles. The summed E-state index contributed by atoms with van der Waals surface area (Å²) in [5.74, 6) is 3.59. The molecule has 0 heterocycles. The number of halogens is 1. The highest BCUT2D eigenvalue weighted by atomic mass is 35.5. The molecule has 4 aromatic rings. The number of hydrogen-bond acceptors (Lipinski definition) is 5. The Bertz CT molecular complexity index is 1470. The Morgan fingerprint density at radius 1 is 0.564 bits per heavy atom. The predicted molar refractivity (Wildman–Crippen MR) is 156 cm³/mol. The van der Waals surface area contributed by atoms with Crippen LogP contribution in [-0.4, -0.2) is 35.5 Å². The molecule has 0 unspecified atom stereocenters. The Morgan fingerprint density at radius 2 is 1.15 bits per heavy atom. The molecule has 0 spiro atoms. The molecule has 0 N–H and O–H groups in total. The second-order valence-electron chi connectivity index (χ2n) is 9.32. The molecule has 6 heteroatoms. The summed E-state index contributed by atoms with van der Waals surface area (Å²) in [7, 11) is 8.38. The molecule has 1 aliphatic rings. The highest BCUT2D eigenvalue weighted by Gasteiger charge is 2.41. The summed E-state index contributed by atoms with van der Waals surface area (Å²) in [5, 5.41) is 0.692. The fraction of sp³-hybridized carbons (Fsp3) is 0.212. The number of benzene rings is 4. The predicted octanol–water partition coefficient (Wildman–Crippen LogP) is 7.85. The molecule has 0 fully saturated rings. The zero-order chi connectivity index (χ0) is 27.5. The monoisotopic (exact) mass is 542 g/mol. The highest BCUT2D eigenvalue weighted by Crippen LogP contribution is 2.59. The molecule has 0 aliphatic heterocycles. The third-order valence-electron chi connectivity index (χ3n) is 7.26. The summed E-state index contributed by atoms with van der Waals surface area (Å²) < 4.78 is 28.5. The van der Waals surface area contributed by atoms with Crippen LogP contribution in [0.4, 0.5) is 0 Å². The van der Waals surface area contributed by atoms with Crippen molar-refractivity contribution in [2.45, 2.75) is 11.8 Å². The average molecular weight is 543 g/mol. The van der Waals surface area contributed by atoms with Gasteiger partial charge in [0.2, 0.25) is 0 Å². The van der Waals surface area contributed by atoms with Crippen molar-refractivity contribution < 1.29 is 23.7 Å². The second kappa shape index (κ2) is 11.3. The molecule has 0 saturated carbocycles. The fourth-order valence-corrected chi connectivity index (χ4v) is 5.54. The Balaban J connectivity index is 1.84.